The fraction of sp³-hybridized carbons (Fsp3) is 0.586. The molecule has 4 N–H and O–H groups in total. The van der Waals surface area contributed by atoms with E-state index in [-0.39, 0.29) is 41.5 Å². The first kappa shape index (κ1) is 33.9. The van der Waals surface area contributed by atoms with Gasteiger partial charge in [0.15, 0.2) is 29.2 Å². The lowest BCUT2D eigenvalue weighted by Gasteiger charge is -2.31. The van der Waals surface area contributed by atoms with Gasteiger partial charge in [-0.25, -0.2) is 18.3 Å². The van der Waals surface area contributed by atoms with Crippen molar-refractivity contribution in [3.05, 3.63) is 36.7 Å². The van der Waals surface area contributed by atoms with E-state index in [1.54, 1.807) is 25.1 Å². The monoisotopic (exact) mass is 668 g/mol. The highest BCUT2D eigenvalue weighted by atomic mass is 31.2. The van der Waals surface area contributed by atoms with Crippen LogP contribution in [-0.2, 0) is 23.4 Å². The fourth-order valence-electron chi connectivity index (χ4n) is 5.60. The standard InChI is InChI=1S/C29H39F2N6O8P/c1-4-41-23-21-22(34-27(32)35-23)37(17-33-21)26-28(3,39)25(31)29(15-30,44-26)16-42-46(40,45-20-13-9-6-10-14-20)36-18(2)24(38)43-19-11-7-5-8-12-19/h6,9-10,13-14,17-19,25-26,39H,4-5,7-8,11-12,15-16H2,1-3H3,(H,36,40)(H2,32,34,35)/t18-,25-,26+,28+,29+,46?/m0/s1. The van der Waals surface area contributed by atoms with Crippen molar-refractivity contribution in [2.24, 2.45) is 0 Å². The summed E-state index contributed by atoms with van der Waals surface area (Å²) in [6.07, 6.45) is 1.29. The summed E-state index contributed by atoms with van der Waals surface area (Å²) in [5, 5.41) is 13.9. The first-order valence-corrected chi connectivity index (χ1v) is 16.7. The zero-order valence-corrected chi connectivity index (χ0v) is 26.7. The van der Waals surface area contributed by atoms with Crippen LogP contribution in [0.25, 0.3) is 11.2 Å². The van der Waals surface area contributed by atoms with Crippen LogP contribution < -0.4 is 20.1 Å². The number of nitrogen functional groups attached to an aromatic ring is 1. The molecule has 3 aromatic rings. The van der Waals surface area contributed by atoms with Crippen molar-refractivity contribution < 1.29 is 46.5 Å². The molecule has 2 aromatic heterocycles. The molecule has 0 radical (unpaired) electrons. The third-order valence-electron chi connectivity index (χ3n) is 7.98. The molecule has 1 saturated carbocycles. The zero-order valence-electron chi connectivity index (χ0n) is 25.8. The Hall–Kier alpha value is -3.43. The Morgan fingerprint density at radius 3 is 2.65 bits per heavy atom. The molecule has 0 spiro atoms. The Morgan fingerprint density at radius 1 is 1.26 bits per heavy atom. The summed E-state index contributed by atoms with van der Waals surface area (Å²) < 4.78 is 74.5. The number of esters is 1. The summed E-state index contributed by atoms with van der Waals surface area (Å²) >= 11 is 0. The van der Waals surface area contributed by atoms with Gasteiger partial charge in [0.05, 0.1) is 19.5 Å². The van der Waals surface area contributed by atoms with Crippen LogP contribution in [0.3, 0.4) is 0 Å². The second-order valence-electron chi connectivity index (χ2n) is 11.6. The SMILES string of the molecule is CCOc1nc(N)nc2c1ncn2[C@@H]1O[C@](CF)(COP(=O)(N[C@@H](C)C(=O)OC2CCCCC2)Oc2ccccc2)[C@@H](F)[C@@]1(C)O. The molecule has 2 fully saturated rings. The van der Waals surface area contributed by atoms with Gasteiger partial charge in [-0.1, -0.05) is 24.6 Å². The maximum Gasteiger partial charge on any atom is 0.459 e. The van der Waals surface area contributed by atoms with E-state index in [4.69, 9.17) is 29.0 Å². The molecule has 1 unspecified atom stereocenters. The average Bonchev–Trinajstić information content (AvgIpc) is 3.53. The molecule has 0 amide bonds. The number of nitrogens with two attached hydrogens (primary N) is 1. The number of ether oxygens (including phenoxy) is 3. The van der Waals surface area contributed by atoms with Crippen LogP contribution in [0.15, 0.2) is 36.7 Å². The highest BCUT2D eigenvalue weighted by Crippen LogP contribution is 2.51. The van der Waals surface area contributed by atoms with Gasteiger partial charge in [-0.05, 0) is 58.6 Å². The molecular formula is C29H39F2N6O8P. The van der Waals surface area contributed by atoms with E-state index in [0.29, 0.717) is 0 Å². The van der Waals surface area contributed by atoms with Gasteiger partial charge in [0, 0.05) is 0 Å². The van der Waals surface area contributed by atoms with Crippen molar-refractivity contribution in [1.29, 1.82) is 0 Å². The third kappa shape index (κ3) is 6.95. The second-order valence-corrected chi connectivity index (χ2v) is 13.3. The Balaban J connectivity index is 1.40. The molecule has 5 rings (SSSR count). The number of para-hydroxylation sites is 1. The summed E-state index contributed by atoms with van der Waals surface area (Å²) in [6.45, 7) is 2.00. The quantitative estimate of drug-likeness (QED) is 0.174. The molecule has 1 aliphatic carbocycles. The topological polar surface area (TPSA) is 182 Å². The van der Waals surface area contributed by atoms with Crippen LogP contribution in [0.5, 0.6) is 11.6 Å². The van der Waals surface area contributed by atoms with Crippen LogP contribution in [0, 0.1) is 0 Å². The maximum atomic E-state index is 16.2. The number of hydrogen-bond donors (Lipinski definition) is 3. The van der Waals surface area contributed by atoms with Crippen LogP contribution in [-0.4, -0.2) is 80.0 Å². The van der Waals surface area contributed by atoms with Gasteiger partial charge < -0.3 is 29.6 Å². The predicted molar refractivity (Wildman–Crippen MR) is 161 cm³/mol. The van der Waals surface area contributed by atoms with Crippen LogP contribution >= 0.6 is 7.75 Å². The molecule has 1 aromatic carbocycles. The average molecular weight is 669 g/mol. The number of aromatic nitrogens is 4. The van der Waals surface area contributed by atoms with Crippen molar-refractivity contribution >= 4 is 30.8 Å². The molecule has 252 valence electrons. The fourth-order valence-corrected chi connectivity index (χ4v) is 7.15. The molecule has 2 aliphatic rings. The van der Waals surface area contributed by atoms with Crippen molar-refractivity contribution in [1.82, 2.24) is 24.6 Å². The lowest BCUT2D eigenvalue weighted by molar-refractivity contribution is -0.152. The number of hydrogen-bond acceptors (Lipinski definition) is 12. The van der Waals surface area contributed by atoms with Crippen LogP contribution in [0.1, 0.15) is 59.1 Å². The molecule has 17 heteroatoms. The maximum absolute atomic E-state index is 16.2. The Kier molecular flexibility index (Phi) is 10.1. The number of carbonyl (C=O) groups is 1. The minimum atomic E-state index is -4.54. The number of rotatable bonds is 13. The minimum Gasteiger partial charge on any atom is -0.476 e. The van der Waals surface area contributed by atoms with Gasteiger partial charge in [0.25, 0.3) is 0 Å². The largest absolute Gasteiger partial charge is 0.476 e. The van der Waals surface area contributed by atoms with Gasteiger partial charge in [0.2, 0.25) is 11.8 Å². The molecule has 0 bridgehead atoms. The van der Waals surface area contributed by atoms with E-state index in [9.17, 15) is 18.9 Å². The van der Waals surface area contributed by atoms with Gasteiger partial charge in [0.1, 0.15) is 30.2 Å². The van der Waals surface area contributed by atoms with E-state index in [2.05, 4.69) is 20.0 Å². The molecule has 1 aliphatic heterocycles. The van der Waals surface area contributed by atoms with Gasteiger partial charge in [-0.15, -0.1) is 0 Å². The van der Waals surface area contributed by atoms with Crippen LogP contribution in [0.2, 0.25) is 0 Å². The summed E-state index contributed by atoms with van der Waals surface area (Å²) in [4.78, 5) is 25.3. The lowest BCUT2D eigenvalue weighted by Crippen LogP contribution is -2.50. The van der Waals surface area contributed by atoms with E-state index < -0.39 is 56.6 Å². The number of aliphatic hydroxyl groups is 1. The molecule has 6 atom stereocenters. The molecular weight excluding hydrogens is 629 g/mol. The molecule has 46 heavy (non-hydrogen) atoms. The van der Waals surface area contributed by atoms with E-state index in [1.165, 1.54) is 30.0 Å². The van der Waals surface area contributed by atoms with Crippen molar-refractivity contribution in [3.8, 4) is 11.6 Å². The highest BCUT2D eigenvalue weighted by molar-refractivity contribution is 7.52. The van der Waals surface area contributed by atoms with Crippen molar-refractivity contribution in [2.75, 3.05) is 25.6 Å². The van der Waals surface area contributed by atoms with Crippen molar-refractivity contribution in [2.45, 2.75) is 88.6 Å². The van der Waals surface area contributed by atoms with Gasteiger partial charge >= 0.3 is 13.7 Å². The third-order valence-corrected chi connectivity index (χ3v) is 9.60. The molecule has 1 saturated heterocycles. The first-order chi connectivity index (χ1) is 21.9. The summed E-state index contributed by atoms with van der Waals surface area (Å²) in [7, 11) is -4.54. The number of benzene rings is 1. The zero-order chi connectivity index (χ0) is 33.1. The molecule has 14 nitrogen and oxygen atoms in total. The van der Waals surface area contributed by atoms with Crippen molar-refractivity contribution in [3.63, 3.8) is 0 Å². The highest BCUT2D eigenvalue weighted by Gasteiger charge is 2.64. The number of nitrogens with one attached hydrogen (secondary N) is 1. The first-order valence-electron chi connectivity index (χ1n) is 15.1. The Morgan fingerprint density at radius 2 is 1.98 bits per heavy atom. The number of imidazole rings is 1. The second kappa shape index (κ2) is 13.7. The summed E-state index contributed by atoms with van der Waals surface area (Å²) in [5.41, 5.74) is 1.18. The van der Waals surface area contributed by atoms with E-state index in [1.807, 2.05) is 0 Å². The number of carbonyl (C=O) groups excluding carboxylic acids is 1. The summed E-state index contributed by atoms with van der Waals surface area (Å²) in [6, 6.07) is 6.74. The lowest BCUT2D eigenvalue weighted by atomic mass is 9.90. The summed E-state index contributed by atoms with van der Waals surface area (Å²) in [5.74, 6) is -0.717. The number of alkyl halides is 2. The normalized spacial score (nSPS) is 27.3. The van der Waals surface area contributed by atoms with E-state index >= 15 is 4.39 Å². The number of halogens is 2. The Bertz CT molecular complexity index is 1560. The van der Waals surface area contributed by atoms with E-state index in [0.717, 1.165) is 39.0 Å². The number of anilines is 1. The number of nitrogens with zero attached hydrogens (tertiary/aromatic N) is 4. The van der Waals surface area contributed by atoms with Gasteiger partial charge in [-0.3, -0.25) is 13.9 Å². The molecule has 3 heterocycles. The minimum absolute atomic E-state index is 0.0362. The van der Waals surface area contributed by atoms with Crippen LogP contribution in [0.4, 0.5) is 14.7 Å². The predicted octanol–water partition coefficient (Wildman–Crippen LogP) is 4.19. The van der Waals surface area contributed by atoms with Gasteiger partial charge in [-0.2, -0.15) is 15.1 Å². The number of fused-ring (bicyclic) bond motifs is 1. The smallest absolute Gasteiger partial charge is 0.459 e. The Labute approximate surface area is 264 Å².